The van der Waals surface area contributed by atoms with Crippen LogP contribution in [0.4, 0.5) is 4.39 Å². The molecule has 0 bridgehead atoms. The van der Waals surface area contributed by atoms with E-state index >= 15 is 0 Å². The first-order valence-electron chi connectivity index (χ1n) is 8.04. The van der Waals surface area contributed by atoms with E-state index in [9.17, 15) is 4.39 Å². The van der Waals surface area contributed by atoms with Crippen LogP contribution in [0.5, 0.6) is 0 Å². The van der Waals surface area contributed by atoms with Gasteiger partial charge in [-0.2, -0.15) is 0 Å². The molecule has 3 nitrogen and oxygen atoms in total. The standard InChI is InChI=1S/C19H18FN3/c20-15-7-5-13(6-8-15)18-16-3-1-2-4-17(16)22-19(23-18)14-9-11-21-12-10-14/h1-8,14,21H,9-12H2. The maximum atomic E-state index is 13.2. The van der Waals surface area contributed by atoms with E-state index in [4.69, 9.17) is 9.97 Å². The predicted octanol–water partition coefficient (Wildman–Crippen LogP) is 3.90. The molecule has 2 aromatic carbocycles. The fourth-order valence-corrected chi connectivity index (χ4v) is 3.19. The number of rotatable bonds is 2. The second kappa shape index (κ2) is 6.05. The van der Waals surface area contributed by atoms with E-state index in [2.05, 4.69) is 5.32 Å². The molecular weight excluding hydrogens is 289 g/mol. The highest BCUT2D eigenvalue weighted by Gasteiger charge is 2.20. The van der Waals surface area contributed by atoms with Gasteiger partial charge in [0.15, 0.2) is 0 Å². The average molecular weight is 307 g/mol. The summed E-state index contributed by atoms with van der Waals surface area (Å²) in [6, 6.07) is 14.6. The van der Waals surface area contributed by atoms with Gasteiger partial charge in [0, 0.05) is 16.9 Å². The van der Waals surface area contributed by atoms with Crippen molar-refractivity contribution in [2.45, 2.75) is 18.8 Å². The molecule has 1 aromatic heterocycles. The number of para-hydroxylation sites is 1. The summed E-state index contributed by atoms with van der Waals surface area (Å²) in [5.41, 5.74) is 2.78. The lowest BCUT2D eigenvalue weighted by atomic mass is 9.96. The molecule has 1 N–H and O–H groups in total. The fourth-order valence-electron chi connectivity index (χ4n) is 3.19. The Bertz CT molecular complexity index is 824. The van der Waals surface area contributed by atoms with E-state index < -0.39 is 0 Å². The van der Waals surface area contributed by atoms with Gasteiger partial charge in [-0.25, -0.2) is 14.4 Å². The lowest BCUT2D eigenvalue weighted by molar-refractivity contribution is 0.446. The van der Waals surface area contributed by atoms with Crippen LogP contribution < -0.4 is 5.32 Å². The Morgan fingerprint density at radius 2 is 1.65 bits per heavy atom. The Morgan fingerprint density at radius 3 is 2.43 bits per heavy atom. The molecule has 2 heterocycles. The van der Waals surface area contributed by atoms with Gasteiger partial charge in [-0.3, -0.25) is 0 Å². The molecule has 1 aliphatic rings. The van der Waals surface area contributed by atoms with Crippen molar-refractivity contribution in [1.82, 2.24) is 15.3 Å². The summed E-state index contributed by atoms with van der Waals surface area (Å²) in [6.07, 6.45) is 2.11. The monoisotopic (exact) mass is 307 g/mol. The van der Waals surface area contributed by atoms with Crippen molar-refractivity contribution in [3.05, 3.63) is 60.2 Å². The number of halogens is 1. The quantitative estimate of drug-likeness (QED) is 0.780. The summed E-state index contributed by atoms with van der Waals surface area (Å²) in [7, 11) is 0. The van der Waals surface area contributed by atoms with Gasteiger partial charge in [0.1, 0.15) is 11.6 Å². The number of hydrogen-bond donors (Lipinski definition) is 1. The second-order valence-corrected chi connectivity index (χ2v) is 5.98. The minimum atomic E-state index is -0.231. The topological polar surface area (TPSA) is 37.8 Å². The molecule has 4 heteroatoms. The largest absolute Gasteiger partial charge is 0.317 e. The first kappa shape index (κ1) is 14.3. The molecule has 0 saturated carbocycles. The zero-order valence-electron chi connectivity index (χ0n) is 12.8. The van der Waals surface area contributed by atoms with E-state index in [0.717, 1.165) is 53.9 Å². The molecule has 1 aliphatic heterocycles. The summed E-state index contributed by atoms with van der Waals surface area (Å²) in [5.74, 6) is 1.07. The molecular formula is C19H18FN3. The van der Waals surface area contributed by atoms with Crippen molar-refractivity contribution in [3.8, 4) is 11.3 Å². The molecule has 0 atom stereocenters. The van der Waals surface area contributed by atoms with Gasteiger partial charge < -0.3 is 5.32 Å². The van der Waals surface area contributed by atoms with Gasteiger partial charge in [0.2, 0.25) is 0 Å². The minimum Gasteiger partial charge on any atom is -0.317 e. The van der Waals surface area contributed by atoms with E-state index in [1.165, 1.54) is 12.1 Å². The number of nitrogens with one attached hydrogen (secondary N) is 1. The Hall–Kier alpha value is -2.33. The molecule has 23 heavy (non-hydrogen) atoms. The second-order valence-electron chi connectivity index (χ2n) is 5.98. The Morgan fingerprint density at radius 1 is 0.913 bits per heavy atom. The van der Waals surface area contributed by atoms with Crippen LogP contribution in [0.1, 0.15) is 24.6 Å². The Kier molecular flexibility index (Phi) is 3.75. The summed E-state index contributed by atoms with van der Waals surface area (Å²) >= 11 is 0. The van der Waals surface area contributed by atoms with Crippen LogP contribution in [0.25, 0.3) is 22.2 Å². The number of benzene rings is 2. The van der Waals surface area contributed by atoms with Gasteiger partial charge in [0.05, 0.1) is 11.2 Å². The van der Waals surface area contributed by atoms with Crippen LogP contribution in [-0.2, 0) is 0 Å². The van der Waals surface area contributed by atoms with Crippen molar-refractivity contribution in [1.29, 1.82) is 0 Å². The summed E-state index contributed by atoms with van der Waals surface area (Å²) in [6.45, 7) is 2.01. The SMILES string of the molecule is Fc1ccc(-c2nc(C3CCNCC3)nc3ccccc23)cc1. The van der Waals surface area contributed by atoms with Gasteiger partial charge in [0.25, 0.3) is 0 Å². The van der Waals surface area contributed by atoms with Gasteiger partial charge in [-0.15, -0.1) is 0 Å². The van der Waals surface area contributed by atoms with Crippen molar-refractivity contribution in [3.63, 3.8) is 0 Å². The first-order valence-corrected chi connectivity index (χ1v) is 8.04. The third kappa shape index (κ3) is 2.82. The lowest BCUT2D eigenvalue weighted by Crippen LogP contribution is -2.27. The Labute approximate surface area is 134 Å². The summed E-state index contributed by atoms with van der Waals surface area (Å²) in [4.78, 5) is 9.65. The van der Waals surface area contributed by atoms with E-state index in [1.54, 1.807) is 12.1 Å². The third-order valence-electron chi connectivity index (χ3n) is 4.44. The highest BCUT2D eigenvalue weighted by Crippen LogP contribution is 2.30. The average Bonchev–Trinajstić information content (AvgIpc) is 2.62. The van der Waals surface area contributed by atoms with Crippen LogP contribution in [-0.4, -0.2) is 23.1 Å². The maximum Gasteiger partial charge on any atom is 0.132 e. The summed E-state index contributed by atoms with van der Waals surface area (Å²) < 4.78 is 13.2. The van der Waals surface area contributed by atoms with Crippen molar-refractivity contribution >= 4 is 10.9 Å². The molecule has 3 aromatic rings. The molecule has 0 aliphatic carbocycles. The molecule has 116 valence electrons. The Balaban J connectivity index is 1.88. The maximum absolute atomic E-state index is 13.2. The van der Waals surface area contributed by atoms with Gasteiger partial charge >= 0.3 is 0 Å². The van der Waals surface area contributed by atoms with E-state index in [0.29, 0.717) is 5.92 Å². The van der Waals surface area contributed by atoms with Crippen LogP contribution in [0.3, 0.4) is 0 Å². The number of fused-ring (bicyclic) bond motifs is 1. The van der Waals surface area contributed by atoms with E-state index in [1.807, 2.05) is 24.3 Å². The summed E-state index contributed by atoms with van der Waals surface area (Å²) in [5, 5.41) is 4.39. The molecule has 4 rings (SSSR count). The van der Waals surface area contributed by atoms with Crippen molar-refractivity contribution < 1.29 is 4.39 Å². The lowest BCUT2D eigenvalue weighted by Gasteiger charge is -2.22. The molecule has 1 saturated heterocycles. The van der Waals surface area contributed by atoms with Crippen LogP contribution >= 0.6 is 0 Å². The van der Waals surface area contributed by atoms with Crippen LogP contribution in [0, 0.1) is 5.82 Å². The normalized spacial score (nSPS) is 15.9. The first-order chi connectivity index (χ1) is 11.3. The minimum absolute atomic E-state index is 0.231. The molecule has 0 unspecified atom stereocenters. The predicted molar refractivity (Wildman–Crippen MR) is 89.8 cm³/mol. The van der Waals surface area contributed by atoms with Crippen molar-refractivity contribution in [2.24, 2.45) is 0 Å². The highest BCUT2D eigenvalue weighted by atomic mass is 19.1. The smallest absolute Gasteiger partial charge is 0.132 e. The molecule has 0 radical (unpaired) electrons. The molecule has 1 fully saturated rings. The van der Waals surface area contributed by atoms with Gasteiger partial charge in [-0.05, 0) is 56.3 Å². The van der Waals surface area contributed by atoms with E-state index in [-0.39, 0.29) is 5.82 Å². The third-order valence-corrected chi connectivity index (χ3v) is 4.44. The van der Waals surface area contributed by atoms with Crippen LogP contribution in [0.2, 0.25) is 0 Å². The number of aromatic nitrogens is 2. The highest BCUT2D eigenvalue weighted by molar-refractivity contribution is 5.92. The zero-order valence-corrected chi connectivity index (χ0v) is 12.8. The number of nitrogens with zero attached hydrogens (tertiary/aromatic N) is 2. The molecule has 0 amide bonds. The van der Waals surface area contributed by atoms with Gasteiger partial charge in [-0.1, -0.05) is 18.2 Å². The molecule has 0 spiro atoms. The van der Waals surface area contributed by atoms with Crippen molar-refractivity contribution in [2.75, 3.05) is 13.1 Å². The zero-order chi connectivity index (χ0) is 15.6. The number of piperidine rings is 1. The van der Waals surface area contributed by atoms with Crippen LogP contribution in [0.15, 0.2) is 48.5 Å². The number of hydrogen-bond acceptors (Lipinski definition) is 3. The fraction of sp³-hybridized carbons (Fsp3) is 0.263.